The fourth-order valence-corrected chi connectivity index (χ4v) is 4.36. The van der Waals surface area contributed by atoms with Crippen LogP contribution in [0.5, 0.6) is 0 Å². The summed E-state index contributed by atoms with van der Waals surface area (Å²) < 4.78 is 5.39. The Morgan fingerprint density at radius 1 is 1.14 bits per heavy atom. The average Bonchev–Trinajstić information content (AvgIpc) is 3.32. The van der Waals surface area contributed by atoms with Gasteiger partial charge in [-0.2, -0.15) is 0 Å². The molecule has 146 valence electrons. The molecule has 1 aliphatic heterocycles. The molecule has 28 heavy (non-hydrogen) atoms. The monoisotopic (exact) mass is 395 g/mol. The van der Waals surface area contributed by atoms with Crippen molar-refractivity contribution in [3.63, 3.8) is 0 Å². The lowest BCUT2D eigenvalue weighted by Gasteiger charge is -2.22. The summed E-state index contributed by atoms with van der Waals surface area (Å²) in [6.07, 6.45) is 3.00. The maximum atomic E-state index is 12.8. The molecular formula is C22H25N3O2S. The molecule has 0 atom stereocenters. The Kier molecular flexibility index (Phi) is 5.88. The van der Waals surface area contributed by atoms with E-state index in [0.29, 0.717) is 6.42 Å². The highest BCUT2D eigenvalue weighted by Gasteiger charge is 2.21. The second-order valence-electron chi connectivity index (χ2n) is 7.24. The normalized spacial score (nSPS) is 15.5. The van der Waals surface area contributed by atoms with Crippen LogP contribution in [-0.2, 0) is 17.8 Å². The molecule has 0 N–H and O–H groups in total. The molecule has 1 saturated heterocycles. The fourth-order valence-electron chi connectivity index (χ4n) is 3.58. The number of rotatable bonds is 5. The highest BCUT2D eigenvalue weighted by atomic mass is 32.1. The summed E-state index contributed by atoms with van der Waals surface area (Å²) in [5, 5.41) is 2.78. The molecule has 3 aromatic rings. The maximum Gasteiger partial charge on any atom is 0.228 e. The molecule has 1 fully saturated rings. The maximum absolute atomic E-state index is 12.8. The van der Waals surface area contributed by atoms with Gasteiger partial charge in [0.1, 0.15) is 0 Å². The number of aryl methyl sites for hydroxylation is 1. The number of amides is 1. The first kappa shape index (κ1) is 18.9. The lowest BCUT2D eigenvalue weighted by Crippen LogP contribution is -2.36. The molecule has 0 saturated carbocycles. The van der Waals surface area contributed by atoms with E-state index in [4.69, 9.17) is 4.42 Å². The number of hydrogen-bond donors (Lipinski definition) is 0. The zero-order chi connectivity index (χ0) is 19.3. The first-order chi connectivity index (χ1) is 13.7. The van der Waals surface area contributed by atoms with E-state index in [-0.39, 0.29) is 5.91 Å². The Labute approximate surface area is 169 Å². The van der Waals surface area contributed by atoms with Crippen molar-refractivity contribution in [3.05, 3.63) is 64.9 Å². The third-order valence-electron chi connectivity index (χ3n) is 5.21. The van der Waals surface area contributed by atoms with Crippen molar-refractivity contribution in [2.45, 2.75) is 26.3 Å². The molecule has 1 aliphatic rings. The van der Waals surface area contributed by atoms with Crippen LogP contribution in [0.25, 0.3) is 10.8 Å². The summed E-state index contributed by atoms with van der Waals surface area (Å²) in [5.74, 6) is 0.916. The van der Waals surface area contributed by atoms with Crippen molar-refractivity contribution >= 4 is 17.2 Å². The van der Waals surface area contributed by atoms with Crippen molar-refractivity contribution in [2.24, 2.45) is 0 Å². The smallest absolute Gasteiger partial charge is 0.228 e. The van der Waals surface area contributed by atoms with Crippen LogP contribution in [0.15, 0.2) is 52.5 Å². The number of nitrogens with zero attached hydrogens (tertiary/aromatic N) is 3. The van der Waals surface area contributed by atoms with Crippen molar-refractivity contribution in [2.75, 3.05) is 26.2 Å². The molecule has 3 heterocycles. The van der Waals surface area contributed by atoms with Gasteiger partial charge in [0.25, 0.3) is 0 Å². The van der Waals surface area contributed by atoms with Crippen molar-refractivity contribution in [1.29, 1.82) is 0 Å². The van der Waals surface area contributed by atoms with Crippen LogP contribution >= 0.6 is 11.3 Å². The van der Waals surface area contributed by atoms with Gasteiger partial charge in [-0.25, -0.2) is 4.98 Å². The van der Waals surface area contributed by atoms with Gasteiger partial charge in [-0.05, 0) is 36.6 Å². The minimum absolute atomic E-state index is 0.161. The molecule has 0 bridgehead atoms. The van der Waals surface area contributed by atoms with Gasteiger partial charge in [-0.15, -0.1) is 11.3 Å². The standard InChI is InChI=1S/C22H25N3O2S/c1-17-6-2-3-7-18(17)15-24-9-5-10-25(12-11-24)21(26)14-19-16-28-22(23-19)20-8-4-13-27-20/h2-4,6-8,13,16H,5,9-12,14-15H2,1H3. The molecule has 0 spiro atoms. The van der Waals surface area contributed by atoms with E-state index < -0.39 is 0 Å². The zero-order valence-corrected chi connectivity index (χ0v) is 17.0. The first-order valence-electron chi connectivity index (χ1n) is 9.72. The molecule has 1 amide bonds. The number of hydrogen-bond acceptors (Lipinski definition) is 5. The van der Waals surface area contributed by atoms with Crippen LogP contribution in [0.1, 0.15) is 23.2 Å². The zero-order valence-electron chi connectivity index (χ0n) is 16.1. The number of furan rings is 1. The highest BCUT2D eigenvalue weighted by Crippen LogP contribution is 2.24. The number of carbonyl (C=O) groups excluding carboxylic acids is 1. The molecule has 4 rings (SSSR count). The second kappa shape index (κ2) is 8.71. The summed E-state index contributed by atoms with van der Waals surface area (Å²) >= 11 is 1.52. The summed E-state index contributed by atoms with van der Waals surface area (Å²) in [6.45, 7) is 6.64. The minimum Gasteiger partial charge on any atom is -0.462 e. The van der Waals surface area contributed by atoms with Crippen LogP contribution in [0.3, 0.4) is 0 Å². The van der Waals surface area contributed by atoms with E-state index in [1.165, 1.54) is 22.5 Å². The lowest BCUT2D eigenvalue weighted by molar-refractivity contribution is -0.130. The number of carbonyl (C=O) groups is 1. The fraction of sp³-hybridized carbons (Fsp3) is 0.364. The van der Waals surface area contributed by atoms with E-state index in [1.54, 1.807) is 6.26 Å². The van der Waals surface area contributed by atoms with E-state index in [9.17, 15) is 4.79 Å². The minimum atomic E-state index is 0.161. The van der Waals surface area contributed by atoms with Crippen LogP contribution < -0.4 is 0 Å². The van der Waals surface area contributed by atoms with Crippen LogP contribution in [0, 0.1) is 6.92 Å². The van der Waals surface area contributed by atoms with Crippen molar-refractivity contribution < 1.29 is 9.21 Å². The summed E-state index contributed by atoms with van der Waals surface area (Å²) in [6, 6.07) is 12.3. The van der Waals surface area contributed by atoms with Gasteiger partial charge in [0, 0.05) is 38.1 Å². The Balaban J connectivity index is 1.32. The van der Waals surface area contributed by atoms with Crippen LogP contribution in [0.4, 0.5) is 0 Å². The highest BCUT2D eigenvalue weighted by molar-refractivity contribution is 7.13. The predicted octanol–water partition coefficient (Wildman–Crippen LogP) is 3.99. The van der Waals surface area contributed by atoms with Crippen molar-refractivity contribution in [3.8, 4) is 10.8 Å². The Morgan fingerprint density at radius 3 is 2.86 bits per heavy atom. The number of thiazole rings is 1. The predicted molar refractivity (Wildman–Crippen MR) is 111 cm³/mol. The van der Waals surface area contributed by atoms with E-state index in [0.717, 1.165) is 55.6 Å². The SMILES string of the molecule is Cc1ccccc1CN1CCCN(C(=O)Cc2csc(-c3ccco3)n2)CC1. The molecule has 6 heteroatoms. The first-order valence-corrected chi connectivity index (χ1v) is 10.6. The second-order valence-corrected chi connectivity index (χ2v) is 8.09. The van der Waals surface area contributed by atoms with Gasteiger partial charge in [-0.1, -0.05) is 24.3 Å². The largest absolute Gasteiger partial charge is 0.462 e. The number of aromatic nitrogens is 1. The Bertz CT molecular complexity index is 920. The van der Waals surface area contributed by atoms with E-state index in [1.807, 2.05) is 22.4 Å². The summed E-state index contributed by atoms with van der Waals surface area (Å²) in [7, 11) is 0. The lowest BCUT2D eigenvalue weighted by atomic mass is 10.1. The van der Waals surface area contributed by atoms with E-state index >= 15 is 0 Å². The summed E-state index contributed by atoms with van der Waals surface area (Å²) in [5.41, 5.74) is 3.52. The molecule has 0 radical (unpaired) electrons. The quantitative estimate of drug-likeness (QED) is 0.655. The van der Waals surface area contributed by atoms with Gasteiger partial charge in [-0.3, -0.25) is 9.69 Å². The van der Waals surface area contributed by atoms with Gasteiger partial charge in [0.05, 0.1) is 18.4 Å². The Morgan fingerprint density at radius 2 is 2.04 bits per heavy atom. The number of benzene rings is 1. The van der Waals surface area contributed by atoms with Crippen molar-refractivity contribution in [1.82, 2.24) is 14.8 Å². The van der Waals surface area contributed by atoms with E-state index in [2.05, 4.69) is 41.1 Å². The van der Waals surface area contributed by atoms with Gasteiger partial charge >= 0.3 is 0 Å². The van der Waals surface area contributed by atoms with Gasteiger partial charge in [0.2, 0.25) is 5.91 Å². The van der Waals surface area contributed by atoms with Crippen LogP contribution in [0.2, 0.25) is 0 Å². The Hall–Kier alpha value is -2.44. The third-order valence-corrected chi connectivity index (χ3v) is 6.12. The molecule has 2 aromatic heterocycles. The molecule has 1 aromatic carbocycles. The third kappa shape index (κ3) is 4.51. The molecule has 0 unspecified atom stereocenters. The van der Waals surface area contributed by atoms with Crippen LogP contribution in [-0.4, -0.2) is 46.9 Å². The average molecular weight is 396 g/mol. The summed E-state index contributed by atoms with van der Waals surface area (Å²) in [4.78, 5) is 21.8. The molecular weight excluding hydrogens is 370 g/mol. The van der Waals surface area contributed by atoms with Gasteiger partial charge in [0.15, 0.2) is 10.8 Å². The molecule has 5 nitrogen and oxygen atoms in total. The molecule has 0 aliphatic carbocycles. The topological polar surface area (TPSA) is 49.6 Å². The van der Waals surface area contributed by atoms with Gasteiger partial charge < -0.3 is 9.32 Å².